The average Bonchev–Trinajstić information content (AvgIpc) is 3.35. The third kappa shape index (κ3) is 3.53. The summed E-state index contributed by atoms with van der Waals surface area (Å²) in [5.74, 6) is -0.398. The fourth-order valence-corrected chi connectivity index (χ4v) is 4.06. The second-order valence-electron chi connectivity index (χ2n) is 6.63. The van der Waals surface area contributed by atoms with E-state index >= 15 is 0 Å². The summed E-state index contributed by atoms with van der Waals surface area (Å²) in [6, 6.07) is 0. The molecule has 0 saturated heterocycles. The minimum atomic E-state index is -4.47. The van der Waals surface area contributed by atoms with Crippen molar-refractivity contribution >= 4 is 22.9 Å². The van der Waals surface area contributed by atoms with Gasteiger partial charge in [-0.2, -0.15) is 23.4 Å². The first-order valence-electron chi connectivity index (χ1n) is 8.74. The SMILES string of the molecule is Cc1[nH]ncc1NC(=O)c1csc(Cn2nc(C(F)(F)F)c3c2CCCC3)n1. The Morgan fingerprint density at radius 1 is 1.36 bits per heavy atom. The molecule has 3 aromatic rings. The second-order valence-corrected chi connectivity index (χ2v) is 7.57. The molecule has 28 heavy (non-hydrogen) atoms. The third-order valence-electron chi connectivity index (χ3n) is 4.67. The highest BCUT2D eigenvalue weighted by atomic mass is 32.1. The summed E-state index contributed by atoms with van der Waals surface area (Å²) in [5.41, 5.74) is 1.59. The highest BCUT2D eigenvalue weighted by molar-refractivity contribution is 7.09. The van der Waals surface area contributed by atoms with Gasteiger partial charge < -0.3 is 5.32 Å². The number of fused-ring (bicyclic) bond motifs is 1. The molecule has 0 saturated carbocycles. The number of hydrogen-bond donors (Lipinski definition) is 2. The zero-order valence-corrected chi connectivity index (χ0v) is 15.7. The number of nitrogens with one attached hydrogen (secondary N) is 2. The highest BCUT2D eigenvalue weighted by Crippen LogP contribution is 2.36. The molecule has 3 heterocycles. The lowest BCUT2D eigenvalue weighted by atomic mass is 9.95. The molecule has 0 unspecified atom stereocenters. The van der Waals surface area contributed by atoms with Gasteiger partial charge >= 0.3 is 6.18 Å². The van der Waals surface area contributed by atoms with E-state index in [1.54, 1.807) is 12.3 Å². The molecule has 4 rings (SSSR count). The summed E-state index contributed by atoms with van der Waals surface area (Å²) < 4.78 is 41.3. The smallest absolute Gasteiger partial charge is 0.318 e. The molecule has 3 aromatic heterocycles. The fraction of sp³-hybridized carbons (Fsp3) is 0.412. The number of aromatic amines is 1. The Bertz CT molecular complexity index is 1020. The highest BCUT2D eigenvalue weighted by Gasteiger charge is 2.39. The van der Waals surface area contributed by atoms with Crippen molar-refractivity contribution in [3.05, 3.63) is 44.9 Å². The van der Waals surface area contributed by atoms with Crippen molar-refractivity contribution in [3.63, 3.8) is 0 Å². The van der Waals surface area contributed by atoms with Gasteiger partial charge in [0.2, 0.25) is 0 Å². The van der Waals surface area contributed by atoms with Crippen molar-refractivity contribution in [3.8, 4) is 0 Å². The second kappa shape index (κ2) is 7.04. The van der Waals surface area contributed by atoms with Crippen molar-refractivity contribution in [2.75, 3.05) is 5.32 Å². The number of H-pyrrole nitrogens is 1. The number of amides is 1. The minimum Gasteiger partial charge on any atom is -0.318 e. The Morgan fingerprint density at radius 2 is 2.14 bits per heavy atom. The molecule has 148 valence electrons. The number of hydrogen-bond acceptors (Lipinski definition) is 5. The van der Waals surface area contributed by atoms with Gasteiger partial charge in [0.25, 0.3) is 5.91 Å². The van der Waals surface area contributed by atoms with Crippen LogP contribution in [0.2, 0.25) is 0 Å². The number of aromatic nitrogens is 5. The standard InChI is InChI=1S/C17H17F3N6OS/c1-9-11(6-21-24-9)23-16(27)12-8-28-14(22-12)7-26-13-5-3-2-4-10(13)15(25-26)17(18,19)20/h6,8H,2-5,7H2,1H3,(H,21,24)(H,23,27). The van der Waals surface area contributed by atoms with Crippen LogP contribution in [0.15, 0.2) is 11.6 Å². The average molecular weight is 410 g/mol. The van der Waals surface area contributed by atoms with Crippen LogP contribution in [-0.2, 0) is 25.6 Å². The van der Waals surface area contributed by atoms with Crippen LogP contribution in [0.4, 0.5) is 18.9 Å². The predicted octanol–water partition coefficient (Wildman–Crippen LogP) is 3.57. The minimum absolute atomic E-state index is 0.112. The molecule has 11 heteroatoms. The van der Waals surface area contributed by atoms with E-state index in [1.165, 1.54) is 22.2 Å². The third-order valence-corrected chi connectivity index (χ3v) is 5.51. The number of halogens is 3. The maximum atomic E-state index is 13.3. The van der Waals surface area contributed by atoms with E-state index < -0.39 is 17.8 Å². The van der Waals surface area contributed by atoms with Gasteiger partial charge in [-0.25, -0.2) is 4.98 Å². The number of alkyl halides is 3. The lowest BCUT2D eigenvalue weighted by Gasteiger charge is -2.14. The molecule has 7 nitrogen and oxygen atoms in total. The quantitative estimate of drug-likeness (QED) is 0.688. The van der Waals surface area contributed by atoms with Gasteiger partial charge in [0, 0.05) is 16.6 Å². The summed E-state index contributed by atoms with van der Waals surface area (Å²) in [6.07, 6.45) is -0.447. The number of thiazole rings is 1. The molecule has 1 amide bonds. The summed E-state index contributed by atoms with van der Waals surface area (Å²) in [5, 5.41) is 15.2. The van der Waals surface area contributed by atoms with E-state index in [0.717, 1.165) is 12.8 Å². The van der Waals surface area contributed by atoms with E-state index in [2.05, 4.69) is 25.6 Å². The molecule has 2 N–H and O–H groups in total. The topological polar surface area (TPSA) is 88.5 Å². The Labute approximate surface area is 162 Å². The van der Waals surface area contributed by atoms with Gasteiger partial charge in [-0.05, 0) is 32.6 Å². The molecule has 0 spiro atoms. The summed E-state index contributed by atoms with van der Waals surface area (Å²) in [4.78, 5) is 16.6. The van der Waals surface area contributed by atoms with Crippen LogP contribution in [0.5, 0.6) is 0 Å². The molecule has 1 aliphatic rings. The van der Waals surface area contributed by atoms with Gasteiger partial charge in [0.05, 0.1) is 24.1 Å². The monoisotopic (exact) mass is 410 g/mol. The normalized spacial score (nSPS) is 14.1. The molecule has 1 aliphatic carbocycles. The van der Waals surface area contributed by atoms with Crippen LogP contribution in [0, 0.1) is 6.92 Å². The molecule has 0 atom stereocenters. The van der Waals surface area contributed by atoms with Crippen LogP contribution in [0.3, 0.4) is 0 Å². The fourth-order valence-electron chi connectivity index (χ4n) is 3.31. The van der Waals surface area contributed by atoms with Gasteiger partial charge in [-0.15, -0.1) is 11.3 Å². The number of carbonyl (C=O) groups excluding carboxylic acids is 1. The van der Waals surface area contributed by atoms with Crippen LogP contribution >= 0.6 is 11.3 Å². The number of carbonyl (C=O) groups is 1. The first-order chi connectivity index (χ1) is 13.3. The Morgan fingerprint density at radius 3 is 2.86 bits per heavy atom. The summed E-state index contributed by atoms with van der Waals surface area (Å²) >= 11 is 1.22. The van der Waals surface area contributed by atoms with E-state index in [9.17, 15) is 18.0 Å². The van der Waals surface area contributed by atoms with Gasteiger partial charge in [-0.3, -0.25) is 14.6 Å². The lowest BCUT2D eigenvalue weighted by Crippen LogP contribution is -2.13. The molecular weight excluding hydrogens is 393 g/mol. The predicted molar refractivity (Wildman–Crippen MR) is 96.4 cm³/mol. The number of anilines is 1. The van der Waals surface area contributed by atoms with E-state index in [1.807, 2.05) is 0 Å². The molecule has 0 fully saturated rings. The molecule has 0 aliphatic heterocycles. The first-order valence-corrected chi connectivity index (χ1v) is 9.62. The zero-order chi connectivity index (χ0) is 19.9. The summed E-state index contributed by atoms with van der Waals surface area (Å²) in [7, 11) is 0. The van der Waals surface area contributed by atoms with Gasteiger partial charge in [0.1, 0.15) is 10.7 Å². The Hall–Kier alpha value is -2.69. The van der Waals surface area contributed by atoms with Crippen molar-refractivity contribution < 1.29 is 18.0 Å². The van der Waals surface area contributed by atoms with Crippen LogP contribution in [-0.4, -0.2) is 30.9 Å². The number of rotatable bonds is 4. The maximum absolute atomic E-state index is 13.3. The van der Waals surface area contributed by atoms with Crippen molar-refractivity contribution in [2.45, 2.75) is 45.3 Å². The number of aryl methyl sites for hydroxylation is 1. The summed E-state index contributed by atoms with van der Waals surface area (Å²) in [6.45, 7) is 1.88. The van der Waals surface area contributed by atoms with Crippen molar-refractivity contribution in [1.29, 1.82) is 0 Å². The maximum Gasteiger partial charge on any atom is 0.435 e. The zero-order valence-electron chi connectivity index (χ0n) is 14.9. The van der Waals surface area contributed by atoms with Crippen LogP contribution < -0.4 is 5.32 Å². The lowest BCUT2D eigenvalue weighted by molar-refractivity contribution is -0.142. The van der Waals surface area contributed by atoms with E-state index in [0.29, 0.717) is 40.5 Å². The molecule has 0 aromatic carbocycles. The van der Waals surface area contributed by atoms with Crippen LogP contribution in [0.25, 0.3) is 0 Å². The first kappa shape index (κ1) is 18.7. The Balaban J connectivity index is 1.55. The molecule has 0 radical (unpaired) electrons. The van der Waals surface area contributed by atoms with E-state index in [4.69, 9.17) is 0 Å². The van der Waals surface area contributed by atoms with Crippen molar-refractivity contribution in [1.82, 2.24) is 25.0 Å². The van der Waals surface area contributed by atoms with Crippen LogP contribution in [0.1, 0.15) is 51.0 Å². The molecular formula is C17H17F3N6OS. The van der Waals surface area contributed by atoms with E-state index in [-0.39, 0.29) is 12.2 Å². The van der Waals surface area contributed by atoms with Crippen molar-refractivity contribution in [2.24, 2.45) is 0 Å². The van der Waals surface area contributed by atoms with Gasteiger partial charge in [0.15, 0.2) is 5.69 Å². The molecule has 0 bridgehead atoms. The largest absolute Gasteiger partial charge is 0.435 e. The number of nitrogens with zero attached hydrogens (tertiary/aromatic N) is 4. The Kier molecular flexibility index (Phi) is 4.69. The van der Waals surface area contributed by atoms with Gasteiger partial charge in [-0.1, -0.05) is 0 Å².